The van der Waals surface area contributed by atoms with Crippen LogP contribution in [0.25, 0.3) is 0 Å². The molecule has 0 aliphatic carbocycles. The smallest absolute Gasteiger partial charge is 0.310 e. The third-order valence-corrected chi connectivity index (χ3v) is 3.84. The first-order valence-corrected chi connectivity index (χ1v) is 8.35. The van der Waals surface area contributed by atoms with Gasteiger partial charge >= 0.3 is 5.97 Å². The fourth-order valence-electron chi connectivity index (χ4n) is 1.92. The van der Waals surface area contributed by atoms with E-state index in [4.69, 9.17) is 32.7 Å². The molecule has 25 heavy (non-hydrogen) atoms. The maximum atomic E-state index is 12.1. The van der Waals surface area contributed by atoms with Gasteiger partial charge in [-0.15, -0.1) is 0 Å². The van der Waals surface area contributed by atoms with E-state index in [1.54, 1.807) is 30.3 Å². The van der Waals surface area contributed by atoms with Crippen molar-refractivity contribution in [3.8, 4) is 5.75 Å². The van der Waals surface area contributed by atoms with Crippen molar-refractivity contribution < 1.29 is 19.1 Å². The highest BCUT2D eigenvalue weighted by atomic mass is 35.5. The second-order valence-corrected chi connectivity index (χ2v) is 5.94. The lowest BCUT2D eigenvalue weighted by Crippen LogP contribution is -2.30. The molecule has 0 aliphatic heterocycles. The van der Waals surface area contributed by atoms with E-state index >= 15 is 0 Å². The van der Waals surface area contributed by atoms with Gasteiger partial charge in [0.05, 0.1) is 28.8 Å². The molecule has 0 unspecified atom stereocenters. The van der Waals surface area contributed by atoms with Gasteiger partial charge in [-0.05, 0) is 31.2 Å². The number of esters is 1. The highest BCUT2D eigenvalue weighted by molar-refractivity contribution is 6.39. The Bertz CT molecular complexity index is 717. The minimum absolute atomic E-state index is 0.0271. The molecule has 1 amide bonds. The highest BCUT2D eigenvalue weighted by Gasteiger charge is 2.19. The lowest BCUT2D eigenvalue weighted by Gasteiger charge is -2.15. The summed E-state index contributed by atoms with van der Waals surface area (Å²) < 4.78 is 10.5. The average Bonchev–Trinajstić information content (AvgIpc) is 2.59. The van der Waals surface area contributed by atoms with E-state index in [2.05, 4.69) is 5.32 Å². The Kier molecular flexibility index (Phi) is 7.10. The quantitative estimate of drug-likeness (QED) is 0.724. The van der Waals surface area contributed by atoms with Crippen molar-refractivity contribution in [3.05, 3.63) is 58.6 Å². The molecule has 0 aromatic heterocycles. The summed E-state index contributed by atoms with van der Waals surface area (Å²) in [4.78, 5) is 23.9. The number of carbonyl (C=O) groups excluding carboxylic acids is 2. The zero-order valence-corrected chi connectivity index (χ0v) is 15.0. The molecule has 0 saturated heterocycles. The van der Waals surface area contributed by atoms with E-state index in [9.17, 15) is 9.59 Å². The first-order valence-electron chi connectivity index (χ1n) is 7.59. The van der Waals surface area contributed by atoms with Crippen LogP contribution < -0.4 is 10.1 Å². The summed E-state index contributed by atoms with van der Waals surface area (Å²) in [6.45, 7) is 1.63. The Morgan fingerprint density at radius 1 is 1.04 bits per heavy atom. The number of ether oxygens (including phenoxy) is 2. The van der Waals surface area contributed by atoms with Crippen molar-refractivity contribution >= 4 is 40.8 Å². The van der Waals surface area contributed by atoms with Gasteiger partial charge in [-0.25, -0.2) is 0 Å². The second-order valence-electron chi connectivity index (χ2n) is 5.13. The van der Waals surface area contributed by atoms with Crippen molar-refractivity contribution in [1.29, 1.82) is 0 Å². The number of amides is 1. The maximum absolute atomic E-state index is 12.1. The fourth-order valence-corrected chi connectivity index (χ4v) is 2.41. The van der Waals surface area contributed by atoms with Gasteiger partial charge in [0.25, 0.3) is 5.91 Å². The molecule has 5 nitrogen and oxygen atoms in total. The standard InChI is InChI=1S/C18H17Cl2NO4/c1-12(18(23)21-17-14(19)8-5-9-15(17)20)25-16(22)10-11-24-13-6-3-2-4-7-13/h2-9,12H,10-11H2,1H3,(H,21,23)/t12-/m1/s1. The molecule has 2 rings (SSSR count). The Morgan fingerprint density at radius 3 is 2.32 bits per heavy atom. The topological polar surface area (TPSA) is 64.6 Å². The molecule has 0 fully saturated rings. The van der Waals surface area contributed by atoms with Gasteiger partial charge in [-0.2, -0.15) is 0 Å². The molecular formula is C18H17Cl2NO4. The third kappa shape index (κ3) is 5.96. The second kappa shape index (κ2) is 9.30. The molecule has 0 aliphatic rings. The molecule has 0 bridgehead atoms. The van der Waals surface area contributed by atoms with E-state index in [-0.39, 0.29) is 18.7 Å². The van der Waals surface area contributed by atoms with E-state index in [1.165, 1.54) is 6.92 Å². The Morgan fingerprint density at radius 2 is 1.68 bits per heavy atom. The summed E-state index contributed by atoms with van der Waals surface area (Å²) in [5.41, 5.74) is 0.283. The van der Waals surface area contributed by atoms with E-state index in [0.717, 1.165) is 0 Å². The number of halogens is 2. The molecule has 0 spiro atoms. The molecule has 1 N–H and O–H groups in total. The van der Waals surface area contributed by atoms with Gasteiger partial charge in [0.15, 0.2) is 6.10 Å². The van der Waals surface area contributed by atoms with Gasteiger partial charge in [0.1, 0.15) is 5.75 Å². The molecule has 132 valence electrons. The number of carbonyl (C=O) groups is 2. The maximum Gasteiger partial charge on any atom is 0.310 e. The van der Waals surface area contributed by atoms with Crippen LogP contribution >= 0.6 is 23.2 Å². The van der Waals surface area contributed by atoms with Crippen LogP contribution in [0.1, 0.15) is 13.3 Å². The molecule has 7 heteroatoms. The number of benzene rings is 2. The van der Waals surface area contributed by atoms with Crippen LogP contribution in [0.3, 0.4) is 0 Å². The monoisotopic (exact) mass is 381 g/mol. The van der Waals surface area contributed by atoms with Crippen LogP contribution in [0.2, 0.25) is 10.0 Å². The van der Waals surface area contributed by atoms with Crippen molar-refractivity contribution in [1.82, 2.24) is 0 Å². The molecule has 2 aromatic carbocycles. The summed E-state index contributed by atoms with van der Waals surface area (Å²) in [6, 6.07) is 14.0. The predicted octanol–water partition coefficient (Wildman–Crippen LogP) is 4.33. The van der Waals surface area contributed by atoms with Crippen molar-refractivity contribution in [3.63, 3.8) is 0 Å². The fraction of sp³-hybridized carbons (Fsp3) is 0.222. The van der Waals surface area contributed by atoms with E-state index < -0.39 is 18.0 Å². The SMILES string of the molecule is C[C@@H](OC(=O)CCOc1ccccc1)C(=O)Nc1c(Cl)cccc1Cl. The van der Waals surface area contributed by atoms with Crippen LogP contribution in [-0.4, -0.2) is 24.6 Å². The molecule has 2 aromatic rings. The van der Waals surface area contributed by atoms with Crippen molar-refractivity contribution in [2.75, 3.05) is 11.9 Å². The molecule has 0 saturated carbocycles. The summed E-state index contributed by atoms with van der Waals surface area (Å²) >= 11 is 12.0. The summed E-state index contributed by atoms with van der Waals surface area (Å²) in [7, 11) is 0. The summed E-state index contributed by atoms with van der Waals surface area (Å²) in [6.07, 6.45) is -0.962. The highest BCUT2D eigenvalue weighted by Crippen LogP contribution is 2.29. The normalized spacial score (nSPS) is 11.5. The van der Waals surface area contributed by atoms with E-state index in [1.807, 2.05) is 18.2 Å². The zero-order chi connectivity index (χ0) is 18.2. The number of anilines is 1. The van der Waals surface area contributed by atoms with Crippen molar-refractivity contribution in [2.24, 2.45) is 0 Å². The number of para-hydroxylation sites is 2. The number of nitrogens with one attached hydrogen (secondary N) is 1. The Balaban J connectivity index is 1.79. The van der Waals surface area contributed by atoms with Crippen LogP contribution in [0.4, 0.5) is 5.69 Å². The van der Waals surface area contributed by atoms with Crippen LogP contribution in [0.5, 0.6) is 5.75 Å². The molecular weight excluding hydrogens is 365 g/mol. The molecule has 1 atom stereocenters. The number of rotatable bonds is 7. The summed E-state index contributed by atoms with van der Waals surface area (Å²) in [5, 5.41) is 3.16. The third-order valence-electron chi connectivity index (χ3n) is 3.21. The van der Waals surface area contributed by atoms with E-state index in [0.29, 0.717) is 15.8 Å². The predicted molar refractivity (Wildman–Crippen MR) is 97.2 cm³/mol. The minimum Gasteiger partial charge on any atom is -0.493 e. The Hall–Kier alpha value is -2.24. The molecule has 0 radical (unpaired) electrons. The van der Waals surface area contributed by atoms with Gasteiger partial charge in [-0.3, -0.25) is 9.59 Å². The van der Waals surface area contributed by atoms with Gasteiger partial charge in [0.2, 0.25) is 0 Å². The van der Waals surface area contributed by atoms with Gasteiger partial charge in [-0.1, -0.05) is 47.5 Å². The minimum atomic E-state index is -0.989. The lowest BCUT2D eigenvalue weighted by molar-refractivity contribution is -0.153. The first kappa shape index (κ1) is 19.1. The van der Waals surface area contributed by atoms with Crippen molar-refractivity contribution in [2.45, 2.75) is 19.4 Å². The average molecular weight is 382 g/mol. The summed E-state index contributed by atoms with van der Waals surface area (Å²) in [5.74, 6) is -0.398. The van der Waals surface area contributed by atoms with Gasteiger partial charge in [0, 0.05) is 0 Å². The lowest BCUT2D eigenvalue weighted by atomic mass is 10.3. The van der Waals surface area contributed by atoms with Crippen LogP contribution in [0, 0.1) is 0 Å². The van der Waals surface area contributed by atoms with Crippen LogP contribution in [-0.2, 0) is 14.3 Å². The number of hydrogen-bond donors (Lipinski definition) is 1. The molecule has 0 heterocycles. The Labute approximate surface area is 155 Å². The zero-order valence-electron chi connectivity index (χ0n) is 13.5. The van der Waals surface area contributed by atoms with Crippen LogP contribution in [0.15, 0.2) is 48.5 Å². The largest absolute Gasteiger partial charge is 0.493 e. The van der Waals surface area contributed by atoms with Gasteiger partial charge < -0.3 is 14.8 Å². The number of hydrogen-bond acceptors (Lipinski definition) is 4. The first-order chi connectivity index (χ1) is 12.0.